The van der Waals surface area contributed by atoms with Crippen molar-refractivity contribution >= 4 is 34.3 Å². The minimum atomic E-state index is -4.32. The van der Waals surface area contributed by atoms with Gasteiger partial charge in [0.2, 0.25) is 0 Å². The molecule has 148 valence electrons. The number of nitrogens with zero attached hydrogens (tertiary/aromatic N) is 1. The topological polar surface area (TPSA) is 4.93 Å². The average Bonchev–Trinajstić information content (AvgIpc) is 3.05. The maximum Gasteiger partial charge on any atom is 0.416 e. The number of hydrogen-bond acceptors (Lipinski definition) is 1. The molecule has 4 rings (SSSR count). The first kappa shape index (κ1) is 19.9. The Bertz CT molecular complexity index is 1130. The molecule has 6 heteroatoms. The van der Waals surface area contributed by atoms with E-state index in [9.17, 15) is 13.2 Å². The van der Waals surface area contributed by atoms with Crippen molar-refractivity contribution < 1.29 is 13.2 Å². The van der Waals surface area contributed by atoms with Crippen LogP contribution in [0.3, 0.4) is 0 Å². The van der Waals surface area contributed by atoms with Crippen LogP contribution in [0, 0.1) is 0 Å². The van der Waals surface area contributed by atoms with E-state index in [1.807, 2.05) is 42.5 Å². The molecule has 3 aromatic carbocycles. The molecule has 0 N–H and O–H groups in total. The van der Waals surface area contributed by atoms with Crippen molar-refractivity contribution in [1.82, 2.24) is 4.57 Å². The Hall–Kier alpha value is -2.37. The molecule has 1 heterocycles. The maximum atomic E-state index is 13.0. The molecule has 1 aromatic heterocycles. The summed E-state index contributed by atoms with van der Waals surface area (Å²) in [6.07, 6.45) is -2.26. The first-order valence-corrected chi connectivity index (χ1v) is 10.4. The molecule has 0 fully saturated rings. The molecular weight excluding hydrogens is 415 g/mol. The third-order valence-corrected chi connectivity index (χ3v) is 6.03. The number of halogens is 4. The first-order chi connectivity index (χ1) is 13.9. The molecule has 0 saturated carbocycles. The van der Waals surface area contributed by atoms with Crippen LogP contribution in [0.2, 0.25) is 5.02 Å². The lowest BCUT2D eigenvalue weighted by Crippen LogP contribution is -2.04. The molecule has 4 aromatic rings. The second-order valence-corrected chi connectivity index (χ2v) is 8.21. The monoisotopic (exact) mass is 431 g/mol. The average molecular weight is 432 g/mol. The smallest absolute Gasteiger partial charge is 0.342 e. The molecule has 0 atom stereocenters. The molecule has 0 amide bonds. The molecule has 0 saturated heterocycles. The number of rotatable bonds is 5. The number of fused-ring (bicyclic) bond motifs is 1. The SMILES string of the molecule is FC(F)(F)c1cccc(CSc2cn(Cc3ccc(Cl)cc3)c3ccccc23)c1. The maximum absolute atomic E-state index is 13.0. The fourth-order valence-corrected chi connectivity index (χ4v) is 4.40. The number of alkyl halides is 3. The Balaban J connectivity index is 1.59. The number of benzene rings is 3. The van der Waals surface area contributed by atoms with Gasteiger partial charge in [0.25, 0.3) is 0 Å². The van der Waals surface area contributed by atoms with E-state index in [4.69, 9.17) is 11.6 Å². The van der Waals surface area contributed by atoms with Crippen LogP contribution < -0.4 is 0 Å². The normalized spacial score (nSPS) is 11.9. The lowest BCUT2D eigenvalue weighted by atomic mass is 10.1. The second-order valence-electron chi connectivity index (χ2n) is 6.75. The van der Waals surface area contributed by atoms with Crippen molar-refractivity contribution in [3.05, 3.63) is 101 Å². The standard InChI is InChI=1S/C23H17ClF3NS/c24-19-10-8-16(9-11-19)13-28-14-22(20-6-1-2-7-21(20)28)29-15-17-4-3-5-18(12-17)23(25,26)27/h1-12,14H,13,15H2. The van der Waals surface area contributed by atoms with Crippen LogP contribution in [0.25, 0.3) is 10.9 Å². The summed E-state index contributed by atoms with van der Waals surface area (Å²) in [6.45, 7) is 0.696. The van der Waals surface area contributed by atoms with Crippen LogP contribution in [-0.2, 0) is 18.5 Å². The van der Waals surface area contributed by atoms with Gasteiger partial charge in [-0.15, -0.1) is 11.8 Å². The lowest BCUT2D eigenvalue weighted by Gasteiger charge is -2.08. The highest BCUT2D eigenvalue weighted by molar-refractivity contribution is 7.98. The van der Waals surface area contributed by atoms with Crippen LogP contribution in [-0.4, -0.2) is 4.57 Å². The summed E-state index contributed by atoms with van der Waals surface area (Å²) >= 11 is 7.52. The van der Waals surface area contributed by atoms with E-state index in [1.54, 1.807) is 17.8 Å². The fourth-order valence-electron chi connectivity index (χ4n) is 3.24. The van der Waals surface area contributed by atoms with Gasteiger partial charge in [0.05, 0.1) is 5.56 Å². The van der Waals surface area contributed by atoms with Gasteiger partial charge in [-0.3, -0.25) is 0 Å². The summed E-state index contributed by atoms with van der Waals surface area (Å²) in [4.78, 5) is 1.05. The number of para-hydroxylation sites is 1. The van der Waals surface area contributed by atoms with Gasteiger partial charge in [-0.2, -0.15) is 13.2 Å². The van der Waals surface area contributed by atoms with E-state index in [0.29, 0.717) is 22.9 Å². The number of hydrogen-bond donors (Lipinski definition) is 0. The zero-order valence-corrected chi connectivity index (χ0v) is 16.9. The lowest BCUT2D eigenvalue weighted by molar-refractivity contribution is -0.137. The van der Waals surface area contributed by atoms with E-state index in [2.05, 4.69) is 16.8 Å². The summed E-state index contributed by atoms with van der Waals surface area (Å²) in [5, 5.41) is 1.79. The van der Waals surface area contributed by atoms with Crippen LogP contribution in [0.15, 0.2) is 83.9 Å². The number of aromatic nitrogens is 1. The summed E-state index contributed by atoms with van der Waals surface area (Å²) in [6, 6.07) is 21.3. The minimum absolute atomic E-state index is 0.471. The van der Waals surface area contributed by atoms with Crippen molar-refractivity contribution in [1.29, 1.82) is 0 Å². The highest BCUT2D eigenvalue weighted by Crippen LogP contribution is 2.34. The number of thioether (sulfide) groups is 1. The van der Waals surface area contributed by atoms with Gasteiger partial charge < -0.3 is 4.57 Å². The predicted molar refractivity (Wildman–Crippen MR) is 113 cm³/mol. The molecule has 0 bridgehead atoms. The van der Waals surface area contributed by atoms with E-state index in [-0.39, 0.29) is 0 Å². The molecule has 0 spiro atoms. The fraction of sp³-hybridized carbons (Fsp3) is 0.130. The summed E-state index contributed by atoms with van der Waals surface area (Å²) in [5.74, 6) is 0.471. The van der Waals surface area contributed by atoms with Crippen LogP contribution in [0.1, 0.15) is 16.7 Å². The van der Waals surface area contributed by atoms with Gasteiger partial charge >= 0.3 is 6.18 Å². The summed E-state index contributed by atoms with van der Waals surface area (Å²) in [7, 11) is 0. The Labute approximate surface area is 176 Å². The zero-order valence-electron chi connectivity index (χ0n) is 15.3. The largest absolute Gasteiger partial charge is 0.416 e. The quantitative estimate of drug-likeness (QED) is 0.294. The van der Waals surface area contributed by atoms with Gasteiger partial charge in [0.1, 0.15) is 0 Å². The van der Waals surface area contributed by atoms with Gasteiger partial charge in [-0.05, 0) is 35.4 Å². The van der Waals surface area contributed by atoms with Gasteiger partial charge in [-0.1, -0.05) is 60.1 Å². The van der Waals surface area contributed by atoms with Gasteiger partial charge in [0, 0.05) is 39.3 Å². The molecule has 0 aliphatic rings. The molecule has 29 heavy (non-hydrogen) atoms. The summed E-state index contributed by atoms with van der Waals surface area (Å²) < 4.78 is 41.0. The van der Waals surface area contributed by atoms with E-state index in [0.717, 1.165) is 27.4 Å². The van der Waals surface area contributed by atoms with Crippen LogP contribution in [0.4, 0.5) is 13.2 Å². The molecular formula is C23H17ClF3NS. The summed E-state index contributed by atoms with van der Waals surface area (Å²) in [5.41, 5.74) is 2.26. The van der Waals surface area contributed by atoms with Gasteiger partial charge in [-0.25, -0.2) is 0 Å². The Kier molecular flexibility index (Phi) is 5.61. The second kappa shape index (κ2) is 8.17. The van der Waals surface area contributed by atoms with Gasteiger partial charge in [0.15, 0.2) is 0 Å². The Morgan fingerprint density at radius 1 is 0.862 bits per heavy atom. The molecule has 0 unspecified atom stereocenters. The molecule has 0 aliphatic carbocycles. The minimum Gasteiger partial charge on any atom is -0.342 e. The van der Waals surface area contributed by atoms with Crippen LogP contribution >= 0.6 is 23.4 Å². The molecule has 0 radical (unpaired) electrons. The van der Waals surface area contributed by atoms with Crippen LogP contribution in [0.5, 0.6) is 0 Å². The zero-order chi connectivity index (χ0) is 20.4. The van der Waals surface area contributed by atoms with E-state index in [1.165, 1.54) is 12.1 Å². The predicted octanol–water partition coefficient (Wildman–Crippen LogP) is 7.65. The van der Waals surface area contributed by atoms with Crippen molar-refractivity contribution in [2.45, 2.75) is 23.4 Å². The molecule has 0 aliphatic heterocycles. The Morgan fingerprint density at radius 3 is 2.38 bits per heavy atom. The van der Waals surface area contributed by atoms with E-state index >= 15 is 0 Å². The molecule has 1 nitrogen and oxygen atoms in total. The first-order valence-electron chi connectivity index (χ1n) is 9.01. The van der Waals surface area contributed by atoms with Crippen molar-refractivity contribution in [3.63, 3.8) is 0 Å². The third kappa shape index (κ3) is 4.62. The van der Waals surface area contributed by atoms with Crippen molar-refractivity contribution in [2.24, 2.45) is 0 Å². The highest BCUT2D eigenvalue weighted by Gasteiger charge is 2.30. The third-order valence-electron chi connectivity index (χ3n) is 4.67. The Morgan fingerprint density at radius 2 is 1.62 bits per heavy atom. The van der Waals surface area contributed by atoms with E-state index < -0.39 is 11.7 Å². The van der Waals surface area contributed by atoms with Crippen molar-refractivity contribution in [2.75, 3.05) is 0 Å². The highest BCUT2D eigenvalue weighted by atomic mass is 35.5. The van der Waals surface area contributed by atoms with Crippen molar-refractivity contribution in [3.8, 4) is 0 Å².